The molecule has 1 aliphatic heterocycles. The average molecular weight is 405 g/mol. The molecular formula is C21H26F2N2O2Si. The molecule has 28 heavy (non-hydrogen) atoms. The number of carbonyl (C=O) groups is 1. The van der Waals surface area contributed by atoms with Crippen LogP contribution < -0.4 is 20.6 Å². The molecule has 0 spiro atoms. The van der Waals surface area contributed by atoms with Gasteiger partial charge >= 0.3 is 0 Å². The minimum Gasteiger partial charge on any atom is -0.497 e. The summed E-state index contributed by atoms with van der Waals surface area (Å²) in [5.41, 5.74) is 2.01. The number of fused-ring (bicyclic) bond motifs is 1. The molecule has 0 fully saturated rings. The van der Waals surface area contributed by atoms with E-state index < -0.39 is 25.8 Å². The van der Waals surface area contributed by atoms with E-state index in [1.54, 1.807) is 13.2 Å². The molecule has 1 heterocycles. The minimum atomic E-state index is -2.18. The summed E-state index contributed by atoms with van der Waals surface area (Å²) in [6.07, 6.45) is 0.783. The van der Waals surface area contributed by atoms with Crippen LogP contribution in [0.3, 0.4) is 0 Å². The first kappa shape index (κ1) is 20.5. The van der Waals surface area contributed by atoms with E-state index in [1.165, 1.54) is 12.1 Å². The van der Waals surface area contributed by atoms with Gasteiger partial charge in [0.15, 0.2) is 0 Å². The molecule has 0 saturated heterocycles. The van der Waals surface area contributed by atoms with Gasteiger partial charge in [0.2, 0.25) is 5.91 Å². The number of amides is 1. The molecule has 1 aliphatic rings. The number of ether oxygens (including phenoxy) is 1. The van der Waals surface area contributed by atoms with Crippen LogP contribution >= 0.6 is 0 Å². The van der Waals surface area contributed by atoms with E-state index in [2.05, 4.69) is 10.6 Å². The van der Waals surface area contributed by atoms with E-state index in [9.17, 15) is 13.6 Å². The lowest BCUT2D eigenvalue weighted by Gasteiger charge is -2.27. The number of halogens is 2. The second kappa shape index (κ2) is 8.01. The van der Waals surface area contributed by atoms with Crippen LogP contribution in [0.4, 0.5) is 14.5 Å². The molecule has 0 bridgehead atoms. The Balaban J connectivity index is 1.85. The summed E-state index contributed by atoms with van der Waals surface area (Å²) in [7, 11) is -0.581. The predicted molar refractivity (Wildman–Crippen MR) is 110 cm³/mol. The van der Waals surface area contributed by atoms with Gasteiger partial charge in [0.1, 0.15) is 23.4 Å². The lowest BCUT2D eigenvalue weighted by atomic mass is 9.93. The molecule has 4 nitrogen and oxygen atoms in total. The number of rotatable bonds is 5. The minimum absolute atomic E-state index is 0.132. The maximum absolute atomic E-state index is 14.6. The van der Waals surface area contributed by atoms with Crippen molar-refractivity contribution in [1.82, 2.24) is 5.32 Å². The summed E-state index contributed by atoms with van der Waals surface area (Å²) in [6, 6.07) is 8.17. The molecule has 0 aromatic heterocycles. The molecule has 0 radical (unpaired) electrons. The van der Waals surface area contributed by atoms with Crippen LogP contribution in [0.25, 0.3) is 0 Å². The molecule has 1 unspecified atom stereocenters. The van der Waals surface area contributed by atoms with Gasteiger partial charge in [-0.05, 0) is 41.8 Å². The van der Waals surface area contributed by atoms with E-state index in [-0.39, 0.29) is 16.8 Å². The number of hydrogen-bond donors (Lipinski definition) is 2. The van der Waals surface area contributed by atoms with Gasteiger partial charge in [0.25, 0.3) is 0 Å². The monoisotopic (exact) mass is 404 g/mol. The topological polar surface area (TPSA) is 50.4 Å². The average Bonchev–Trinajstić information content (AvgIpc) is 2.66. The lowest BCUT2D eigenvalue weighted by Crippen LogP contribution is -2.45. The predicted octanol–water partition coefficient (Wildman–Crippen LogP) is 3.73. The molecule has 150 valence electrons. The van der Waals surface area contributed by atoms with E-state index in [0.29, 0.717) is 6.54 Å². The maximum atomic E-state index is 14.6. The highest BCUT2D eigenvalue weighted by Crippen LogP contribution is 2.28. The van der Waals surface area contributed by atoms with Gasteiger partial charge in [-0.25, -0.2) is 8.78 Å². The molecule has 2 aromatic carbocycles. The van der Waals surface area contributed by atoms with E-state index in [4.69, 9.17) is 4.74 Å². The number of nitrogens with one attached hydrogen (secondary N) is 2. The Morgan fingerprint density at radius 2 is 1.93 bits per heavy atom. The van der Waals surface area contributed by atoms with Crippen molar-refractivity contribution in [2.24, 2.45) is 0 Å². The summed E-state index contributed by atoms with van der Waals surface area (Å²) >= 11 is 0. The number of anilines is 1. The number of hydrogen-bond acceptors (Lipinski definition) is 3. The Labute approximate surface area is 165 Å². The van der Waals surface area contributed by atoms with E-state index in [0.717, 1.165) is 29.3 Å². The first-order valence-electron chi connectivity index (χ1n) is 9.47. The number of carbonyl (C=O) groups excluding carboxylic acids is 1. The highest BCUT2D eigenvalue weighted by molar-refractivity contribution is 6.89. The molecule has 1 atom stereocenters. The van der Waals surface area contributed by atoms with Crippen molar-refractivity contribution in [3.8, 4) is 5.75 Å². The van der Waals surface area contributed by atoms with Gasteiger partial charge in [-0.3, -0.25) is 4.79 Å². The molecule has 2 N–H and O–H groups in total. The highest BCUT2D eigenvalue weighted by Gasteiger charge is 2.30. The molecule has 7 heteroatoms. The summed E-state index contributed by atoms with van der Waals surface area (Å²) in [4.78, 5) is 12.8. The quantitative estimate of drug-likeness (QED) is 0.747. The highest BCUT2D eigenvalue weighted by atomic mass is 28.3. The van der Waals surface area contributed by atoms with Crippen molar-refractivity contribution >= 4 is 24.9 Å². The number of methoxy groups -OCH3 is 1. The summed E-state index contributed by atoms with van der Waals surface area (Å²) in [5.74, 6) is -0.780. The third kappa shape index (κ3) is 3.95. The summed E-state index contributed by atoms with van der Waals surface area (Å²) in [6.45, 7) is 6.45. The van der Waals surface area contributed by atoms with Crippen LogP contribution in [-0.4, -0.2) is 27.6 Å². The van der Waals surface area contributed by atoms with Crippen molar-refractivity contribution in [3.05, 3.63) is 53.1 Å². The van der Waals surface area contributed by atoms with Crippen molar-refractivity contribution < 1.29 is 18.3 Å². The van der Waals surface area contributed by atoms with Gasteiger partial charge in [0, 0.05) is 17.4 Å². The first-order valence-corrected chi connectivity index (χ1v) is 12.7. The van der Waals surface area contributed by atoms with E-state index in [1.807, 2.05) is 32.2 Å². The molecule has 0 aliphatic carbocycles. The second-order valence-electron chi connectivity index (χ2n) is 7.74. The zero-order chi connectivity index (χ0) is 20.5. The van der Waals surface area contributed by atoms with Crippen LogP contribution in [0.1, 0.15) is 24.1 Å². The Hall–Kier alpha value is -2.25. The zero-order valence-corrected chi connectivity index (χ0v) is 17.7. The first-order chi connectivity index (χ1) is 13.3. The Kier molecular flexibility index (Phi) is 5.86. The summed E-state index contributed by atoms with van der Waals surface area (Å²) < 4.78 is 34.5. The smallest absolute Gasteiger partial charge is 0.246 e. The van der Waals surface area contributed by atoms with Gasteiger partial charge in [-0.1, -0.05) is 32.1 Å². The molecule has 2 aromatic rings. The second-order valence-corrected chi connectivity index (χ2v) is 12.7. The molecular weight excluding hydrogens is 378 g/mol. The van der Waals surface area contributed by atoms with Crippen LogP contribution in [0, 0.1) is 11.6 Å². The van der Waals surface area contributed by atoms with Crippen molar-refractivity contribution in [3.63, 3.8) is 0 Å². The van der Waals surface area contributed by atoms with Gasteiger partial charge in [-0.2, -0.15) is 0 Å². The van der Waals surface area contributed by atoms with Crippen LogP contribution in [-0.2, 0) is 11.2 Å². The largest absolute Gasteiger partial charge is 0.497 e. The Bertz CT molecular complexity index is 879. The van der Waals surface area contributed by atoms with E-state index >= 15 is 0 Å². The fourth-order valence-corrected chi connectivity index (χ4v) is 5.38. The molecule has 1 amide bonds. The fraction of sp³-hybridized carbons (Fsp3) is 0.381. The van der Waals surface area contributed by atoms with Crippen molar-refractivity contribution in [2.75, 3.05) is 19.0 Å². The lowest BCUT2D eigenvalue weighted by molar-refractivity contribution is -0.118. The van der Waals surface area contributed by atoms with Gasteiger partial charge in [-0.15, -0.1) is 0 Å². The van der Waals surface area contributed by atoms with Crippen molar-refractivity contribution in [2.45, 2.75) is 38.5 Å². The Morgan fingerprint density at radius 1 is 1.25 bits per heavy atom. The normalized spacial score (nSPS) is 16.4. The number of benzene rings is 2. The zero-order valence-electron chi connectivity index (χ0n) is 16.7. The van der Waals surface area contributed by atoms with Crippen molar-refractivity contribution in [1.29, 1.82) is 0 Å². The van der Waals surface area contributed by atoms with Gasteiger partial charge < -0.3 is 15.4 Å². The Morgan fingerprint density at radius 3 is 2.54 bits per heavy atom. The summed E-state index contributed by atoms with van der Waals surface area (Å²) in [5, 5.41) is 6.02. The maximum Gasteiger partial charge on any atom is 0.246 e. The van der Waals surface area contributed by atoms with Crippen LogP contribution in [0.15, 0.2) is 30.3 Å². The van der Waals surface area contributed by atoms with Crippen LogP contribution in [0.5, 0.6) is 5.75 Å². The third-order valence-corrected chi connectivity index (χ3v) is 9.14. The fourth-order valence-electron chi connectivity index (χ4n) is 3.59. The van der Waals surface area contributed by atoms with Crippen LogP contribution in [0.2, 0.25) is 19.1 Å². The standard InChI is InChI=1S/C21H26F2N2O2Si/c1-5-28(3,4)20-17(22)11-14(12-18(20)23)25-21(26)19-16-7-6-15(27-2)10-13(16)8-9-24-19/h6-7,10-12,19,24H,5,8-9H2,1-4H3,(H,25,26). The third-order valence-electron chi connectivity index (χ3n) is 5.54. The SMILES string of the molecule is CC[Si](C)(C)c1c(F)cc(NC(=O)C2NCCc3cc(OC)ccc32)cc1F. The molecule has 3 rings (SSSR count). The van der Waals surface area contributed by atoms with Gasteiger partial charge in [0.05, 0.1) is 15.2 Å². The molecule has 0 saturated carbocycles.